The van der Waals surface area contributed by atoms with Crippen LogP contribution in [0.25, 0.3) is 0 Å². The van der Waals surface area contributed by atoms with Crippen LogP contribution in [0.4, 0.5) is 5.69 Å². The molecular weight excluding hydrogens is 270 g/mol. The minimum absolute atomic E-state index is 0.0370. The van der Waals surface area contributed by atoms with E-state index in [0.29, 0.717) is 23.3 Å². The summed E-state index contributed by atoms with van der Waals surface area (Å²) in [7, 11) is 1.54. The molecule has 0 unspecified atom stereocenters. The minimum Gasteiger partial charge on any atom is -0.497 e. The van der Waals surface area contributed by atoms with Gasteiger partial charge in [-0.2, -0.15) is 0 Å². The summed E-state index contributed by atoms with van der Waals surface area (Å²) in [6.07, 6.45) is 0.669. The number of rotatable bonds is 6. The second kappa shape index (κ2) is 14.6. The van der Waals surface area contributed by atoms with Crippen LogP contribution in [-0.4, -0.2) is 32.9 Å². The van der Waals surface area contributed by atoms with Crippen LogP contribution in [0.1, 0.15) is 31.1 Å². The molecule has 0 aliphatic carbocycles. The molecule has 21 heavy (non-hydrogen) atoms. The van der Waals surface area contributed by atoms with Gasteiger partial charge in [-0.25, -0.2) is 0 Å². The molecule has 0 heterocycles. The number of anilines is 1. The van der Waals surface area contributed by atoms with Crippen molar-refractivity contribution < 1.29 is 19.0 Å². The summed E-state index contributed by atoms with van der Waals surface area (Å²) in [6, 6.07) is 4.95. The van der Waals surface area contributed by atoms with Crippen molar-refractivity contribution in [1.29, 1.82) is 0 Å². The van der Waals surface area contributed by atoms with Gasteiger partial charge < -0.3 is 19.9 Å². The lowest BCUT2D eigenvalue weighted by Gasteiger charge is -2.09. The Labute approximate surface area is 127 Å². The van der Waals surface area contributed by atoms with Gasteiger partial charge in [-0.05, 0) is 39.0 Å². The Balaban J connectivity index is 0. The Hall–Kier alpha value is -1.85. The summed E-state index contributed by atoms with van der Waals surface area (Å²) in [6.45, 7) is 13.3. The van der Waals surface area contributed by atoms with Crippen LogP contribution in [0.3, 0.4) is 0 Å². The standard InChI is InChI=1S/C8H9NO2.C6H14O2.C2H4/c1-11-7-2-3-8(9)6(4-7)5-10;1-4-7-6(3)8-5-2;1-2/h2-5H,9H2,1H3;6H,4-5H2,1-3H3;1-2H2. The molecule has 1 aromatic carbocycles. The lowest BCUT2D eigenvalue weighted by molar-refractivity contribution is -0.123. The Bertz CT molecular complexity index is 377. The monoisotopic (exact) mass is 297 g/mol. The zero-order valence-corrected chi connectivity index (χ0v) is 13.4. The zero-order valence-electron chi connectivity index (χ0n) is 13.4. The van der Waals surface area contributed by atoms with Gasteiger partial charge in [0.05, 0.1) is 7.11 Å². The highest BCUT2D eigenvalue weighted by atomic mass is 16.7. The van der Waals surface area contributed by atoms with E-state index in [9.17, 15) is 4.79 Å². The Morgan fingerprint density at radius 2 is 1.76 bits per heavy atom. The summed E-state index contributed by atoms with van der Waals surface area (Å²) in [5, 5.41) is 0. The number of nitrogens with two attached hydrogens (primary N) is 1. The fourth-order valence-electron chi connectivity index (χ4n) is 1.30. The number of hydrogen-bond donors (Lipinski definition) is 1. The first-order chi connectivity index (χ1) is 10.1. The number of carbonyl (C=O) groups excluding carboxylic acids is 1. The summed E-state index contributed by atoms with van der Waals surface area (Å²) < 4.78 is 15.0. The molecule has 5 heteroatoms. The number of methoxy groups -OCH3 is 1. The molecule has 0 saturated carbocycles. The predicted molar refractivity (Wildman–Crippen MR) is 86.8 cm³/mol. The third-order valence-corrected chi connectivity index (χ3v) is 2.22. The van der Waals surface area contributed by atoms with Crippen LogP contribution < -0.4 is 10.5 Å². The van der Waals surface area contributed by atoms with Crippen molar-refractivity contribution in [2.24, 2.45) is 0 Å². The highest BCUT2D eigenvalue weighted by Gasteiger charge is 1.98. The second-order valence-corrected chi connectivity index (χ2v) is 3.59. The molecule has 1 rings (SSSR count). The van der Waals surface area contributed by atoms with E-state index in [1.54, 1.807) is 25.3 Å². The number of carbonyl (C=O) groups is 1. The summed E-state index contributed by atoms with van der Waals surface area (Å²) in [4.78, 5) is 10.4. The summed E-state index contributed by atoms with van der Waals surface area (Å²) in [5.41, 5.74) is 6.40. The van der Waals surface area contributed by atoms with Gasteiger partial charge >= 0.3 is 0 Å². The highest BCUT2D eigenvalue weighted by molar-refractivity contribution is 5.83. The van der Waals surface area contributed by atoms with Gasteiger partial charge in [0.25, 0.3) is 0 Å². The molecule has 0 aliphatic rings. The molecular formula is C16H27NO4. The van der Waals surface area contributed by atoms with Crippen LogP contribution >= 0.6 is 0 Å². The molecule has 0 aromatic heterocycles. The van der Waals surface area contributed by atoms with E-state index >= 15 is 0 Å². The van der Waals surface area contributed by atoms with Gasteiger partial charge in [0.2, 0.25) is 0 Å². The number of ether oxygens (including phenoxy) is 3. The number of hydrogen-bond acceptors (Lipinski definition) is 5. The Morgan fingerprint density at radius 3 is 2.14 bits per heavy atom. The van der Waals surface area contributed by atoms with E-state index in [0.717, 1.165) is 13.2 Å². The van der Waals surface area contributed by atoms with E-state index in [1.165, 1.54) is 0 Å². The van der Waals surface area contributed by atoms with Crippen molar-refractivity contribution in [2.45, 2.75) is 27.1 Å². The van der Waals surface area contributed by atoms with Crippen molar-refractivity contribution in [3.63, 3.8) is 0 Å². The van der Waals surface area contributed by atoms with Crippen molar-refractivity contribution >= 4 is 12.0 Å². The van der Waals surface area contributed by atoms with Crippen LogP contribution in [0.15, 0.2) is 31.4 Å². The van der Waals surface area contributed by atoms with Crippen molar-refractivity contribution in [3.8, 4) is 5.75 Å². The molecule has 0 bridgehead atoms. The van der Waals surface area contributed by atoms with E-state index in [2.05, 4.69) is 13.2 Å². The molecule has 0 saturated heterocycles. The van der Waals surface area contributed by atoms with Crippen molar-refractivity contribution in [1.82, 2.24) is 0 Å². The third-order valence-electron chi connectivity index (χ3n) is 2.22. The number of aldehydes is 1. The average molecular weight is 297 g/mol. The predicted octanol–water partition coefficient (Wildman–Crippen LogP) is 3.30. The first-order valence-corrected chi connectivity index (χ1v) is 6.70. The summed E-state index contributed by atoms with van der Waals surface area (Å²) in [5.74, 6) is 0.640. The van der Waals surface area contributed by atoms with Crippen LogP contribution in [0, 0.1) is 0 Å². The lowest BCUT2D eigenvalue weighted by atomic mass is 10.2. The summed E-state index contributed by atoms with van der Waals surface area (Å²) >= 11 is 0. The SMILES string of the molecule is C=C.CCOC(C)OCC.COc1ccc(N)c(C=O)c1. The topological polar surface area (TPSA) is 70.8 Å². The fourth-order valence-corrected chi connectivity index (χ4v) is 1.30. The van der Waals surface area contributed by atoms with Crippen LogP contribution in [-0.2, 0) is 9.47 Å². The quantitative estimate of drug-likeness (QED) is 0.377. The molecule has 0 amide bonds. The van der Waals surface area contributed by atoms with E-state index in [-0.39, 0.29) is 6.29 Å². The second-order valence-electron chi connectivity index (χ2n) is 3.59. The third kappa shape index (κ3) is 10.6. The van der Waals surface area contributed by atoms with Crippen molar-refractivity contribution in [2.75, 3.05) is 26.1 Å². The Kier molecular flexibility index (Phi) is 14.9. The molecule has 0 aliphatic heterocycles. The molecule has 0 radical (unpaired) electrons. The fraction of sp³-hybridized carbons (Fsp3) is 0.438. The maximum absolute atomic E-state index is 10.4. The van der Waals surface area contributed by atoms with Gasteiger partial charge in [-0.15, -0.1) is 13.2 Å². The largest absolute Gasteiger partial charge is 0.497 e. The average Bonchev–Trinajstić information content (AvgIpc) is 2.51. The van der Waals surface area contributed by atoms with Gasteiger partial charge in [-0.1, -0.05) is 0 Å². The van der Waals surface area contributed by atoms with Crippen LogP contribution in [0.2, 0.25) is 0 Å². The van der Waals surface area contributed by atoms with Gasteiger partial charge in [0.1, 0.15) is 5.75 Å². The molecule has 5 nitrogen and oxygen atoms in total. The van der Waals surface area contributed by atoms with Crippen molar-refractivity contribution in [3.05, 3.63) is 36.9 Å². The maximum atomic E-state index is 10.4. The van der Waals surface area contributed by atoms with E-state index in [4.69, 9.17) is 19.9 Å². The molecule has 0 fully saturated rings. The zero-order chi connectivity index (χ0) is 16.7. The first kappa shape index (κ1) is 21.4. The molecule has 120 valence electrons. The lowest BCUT2D eigenvalue weighted by Crippen LogP contribution is -2.11. The maximum Gasteiger partial charge on any atom is 0.154 e. The molecule has 2 N–H and O–H groups in total. The molecule has 0 atom stereocenters. The van der Waals surface area contributed by atoms with E-state index < -0.39 is 0 Å². The van der Waals surface area contributed by atoms with Gasteiger partial charge in [-0.3, -0.25) is 4.79 Å². The Morgan fingerprint density at radius 1 is 1.24 bits per heavy atom. The van der Waals surface area contributed by atoms with E-state index in [1.807, 2.05) is 20.8 Å². The normalized spacial score (nSPS) is 9.00. The van der Waals surface area contributed by atoms with Gasteiger partial charge in [0, 0.05) is 24.5 Å². The number of benzene rings is 1. The van der Waals surface area contributed by atoms with Crippen LogP contribution in [0.5, 0.6) is 5.75 Å². The smallest absolute Gasteiger partial charge is 0.154 e. The first-order valence-electron chi connectivity index (χ1n) is 6.70. The minimum atomic E-state index is -0.0370. The number of nitrogen functional groups attached to an aromatic ring is 1. The molecule has 0 spiro atoms. The molecule has 1 aromatic rings. The van der Waals surface area contributed by atoms with Gasteiger partial charge in [0.15, 0.2) is 12.6 Å². The highest BCUT2D eigenvalue weighted by Crippen LogP contribution is 2.17.